The van der Waals surface area contributed by atoms with Gasteiger partial charge in [0, 0.05) is 18.2 Å². The molecule has 0 aromatic carbocycles. The van der Waals surface area contributed by atoms with Crippen molar-refractivity contribution < 1.29 is 18.7 Å². The number of hydrogen-bond donors (Lipinski definition) is 4. The van der Waals surface area contributed by atoms with Gasteiger partial charge >= 0.3 is 0 Å². The molecule has 0 bridgehead atoms. The molecule has 154 valence electrons. The second-order valence-electron chi connectivity index (χ2n) is 7.13. The second kappa shape index (κ2) is 8.08. The molecule has 2 aromatic rings. The SMILES string of the molecule is NC(=O)c1cc(F)c(NC2CCCCC2N)nc1Nc1cnc2c(c1)OCCO2. The molecule has 29 heavy (non-hydrogen) atoms. The van der Waals surface area contributed by atoms with Gasteiger partial charge in [0.15, 0.2) is 17.4 Å². The molecule has 9 nitrogen and oxygen atoms in total. The van der Waals surface area contributed by atoms with E-state index in [9.17, 15) is 9.18 Å². The number of pyridine rings is 2. The van der Waals surface area contributed by atoms with E-state index in [0.717, 1.165) is 31.7 Å². The van der Waals surface area contributed by atoms with Crippen molar-refractivity contribution in [3.05, 3.63) is 29.7 Å². The zero-order valence-electron chi connectivity index (χ0n) is 15.8. The summed E-state index contributed by atoms with van der Waals surface area (Å²) in [4.78, 5) is 20.3. The number of carbonyl (C=O) groups excluding carboxylic acids is 1. The Morgan fingerprint density at radius 2 is 1.97 bits per heavy atom. The van der Waals surface area contributed by atoms with Gasteiger partial charge in [0.1, 0.15) is 19.0 Å². The normalized spacial score (nSPS) is 20.8. The number of nitrogens with one attached hydrogen (secondary N) is 2. The Morgan fingerprint density at radius 1 is 1.17 bits per heavy atom. The van der Waals surface area contributed by atoms with Crippen LogP contribution in [0.5, 0.6) is 11.6 Å². The van der Waals surface area contributed by atoms with E-state index in [1.807, 2.05) is 0 Å². The molecule has 6 N–H and O–H groups in total. The number of nitrogens with zero attached hydrogens (tertiary/aromatic N) is 2. The summed E-state index contributed by atoms with van der Waals surface area (Å²) in [6.45, 7) is 0.839. The zero-order valence-corrected chi connectivity index (χ0v) is 15.8. The van der Waals surface area contributed by atoms with E-state index < -0.39 is 11.7 Å². The minimum Gasteiger partial charge on any atom is -0.484 e. The Hall–Kier alpha value is -3.14. The summed E-state index contributed by atoms with van der Waals surface area (Å²) in [6, 6.07) is 2.56. The first kappa shape index (κ1) is 19.2. The number of hydrogen-bond acceptors (Lipinski definition) is 8. The van der Waals surface area contributed by atoms with Crippen molar-refractivity contribution >= 4 is 23.2 Å². The largest absolute Gasteiger partial charge is 0.484 e. The van der Waals surface area contributed by atoms with E-state index in [1.165, 1.54) is 6.20 Å². The van der Waals surface area contributed by atoms with Gasteiger partial charge in [0.05, 0.1) is 17.4 Å². The molecule has 1 saturated carbocycles. The highest BCUT2D eigenvalue weighted by Crippen LogP contribution is 2.32. The van der Waals surface area contributed by atoms with E-state index in [4.69, 9.17) is 20.9 Å². The lowest BCUT2D eigenvalue weighted by Crippen LogP contribution is -2.43. The van der Waals surface area contributed by atoms with Crippen LogP contribution in [0.25, 0.3) is 0 Å². The van der Waals surface area contributed by atoms with Crippen LogP contribution in [-0.2, 0) is 0 Å². The summed E-state index contributed by atoms with van der Waals surface area (Å²) in [6.07, 6.45) is 5.27. The van der Waals surface area contributed by atoms with Crippen molar-refractivity contribution in [2.45, 2.75) is 37.8 Å². The molecule has 2 aliphatic rings. The van der Waals surface area contributed by atoms with Crippen molar-refractivity contribution in [2.75, 3.05) is 23.8 Å². The van der Waals surface area contributed by atoms with E-state index in [-0.39, 0.29) is 29.3 Å². The predicted octanol–water partition coefficient (Wildman–Crippen LogP) is 1.91. The summed E-state index contributed by atoms with van der Waals surface area (Å²) < 4.78 is 25.5. The molecule has 10 heteroatoms. The van der Waals surface area contributed by atoms with Gasteiger partial charge in [-0.2, -0.15) is 0 Å². The first-order chi connectivity index (χ1) is 14.0. The van der Waals surface area contributed by atoms with Crippen LogP contribution >= 0.6 is 0 Å². The highest BCUT2D eigenvalue weighted by Gasteiger charge is 2.24. The van der Waals surface area contributed by atoms with Crippen molar-refractivity contribution in [1.29, 1.82) is 0 Å². The lowest BCUT2D eigenvalue weighted by atomic mass is 9.91. The highest BCUT2D eigenvalue weighted by molar-refractivity contribution is 5.98. The molecule has 0 radical (unpaired) electrons. The molecule has 3 heterocycles. The number of aromatic nitrogens is 2. The van der Waals surface area contributed by atoms with Crippen LogP contribution in [0.1, 0.15) is 36.0 Å². The first-order valence-corrected chi connectivity index (χ1v) is 9.56. The van der Waals surface area contributed by atoms with Gasteiger partial charge in [-0.25, -0.2) is 14.4 Å². The molecule has 1 amide bonds. The summed E-state index contributed by atoms with van der Waals surface area (Å²) in [5.41, 5.74) is 12.0. The fraction of sp³-hybridized carbons (Fsp3) is 0.421. The molecule has 1 aliphatic heterocycles. The third-order valence-corrected chi connectivity index (χ3v) is 5.04. The van der Waals surface area contributed by atoms with Crippen LogP contribution in [-0.4, -0.2) is 41.2 Å². The third-order valence-electron chi connectivity index (χ3n) is 5.04. The monoisotopic (exact) mass is 402 g/mol. The van der Waals surface area contributed by atoms with Crippen molar-refractivity contribution in [2.24, 2.45) is 11.5 Å². The maximum Gasteiger partial charge on any atom is 0.257 e. The van der Waals surface area contributed by atoms with E-state index in [1.54, 1.807) is 6.07 Å². The van der Waals surface area contributed by atoms with Crippen LogP contribution in [0.2, 0.25) is 0 Å². The third kappa shape index (κ3) is 4.16. The molecular weight excluding hydrogens is 379 g/mol. The number of fused-ring (bicyclic) bond motifs is 1. The maximum atomic E-state index is 14.6. The highest BCUT2D eigenvalue weighted by atomic mass is 19.1. The van der Waals surface area contributed by atoms with Crippen LogP contribution in [0.15, 0.2) is 18.3 Å². The number of halogens is 1. The zero-order chi connectivity index (χ0) is 20.4. The molecule has 2 aromatic heterocycles. The fourth-order valence-electron chi connectivity index (χ4n) is 3.53. The Balaban J connectivity index is 1.63. The molecule has 2 unspecified atom stereocenters. The topological polar surface area (TPSA) is 137 Å². The Kier molecular flexibility index (Phi) is 5.34. The van der Waals surface area contributed by atoms with Gasteiger partial charge in [-0.05, 0) is 18.9 Å². The van der Waals surface area contributed by atoms with E-state index >= 15 is 0 Å². The predicted molar refractivity (Wildman–Crippen MR) is 105 cm³/mol. The molecule has 0 spiro atoms. The first-order valence-electron chi connectivity index (χ1n) is 9.56. The Morgan fingerprint density at radius 3 is 2.76 bits per heavy atom. The number of carbonyl (C=O) groups is 1. The number of primary amides is 1. The maximum absolute atomic E-state index is 14.6. The van der Waals surface area contributed by atoms with Crippen molar-refractivity contribution in [3.63, 3.8) is 0 Å². The number of anilines is 3. The van der Waals surface area contributed by atoms with Gasteiger partial charge in [0.25, 0.3) is 11.8 Å². The van der Waals surface area contributed by atoms with Gasteiger partial charge in [-0.15, -0.1) is 0 Å². The number of nitrogens with two attached hydrogens (primary N) is 2. The number of ether oxygens (including phenoxy) is 2. The van der Waals surface area contributed by atoms with Gasteiger partial charge in [-0.1, -0.05) is 12.8 Å². The summed E-state index contributed by atoms with van der Waals surface area (Å²) in [5.74, 6) is -0.476. The molecule has 1 aliphatic carbocycles. The van der Waals surface area contributed by atoms with Gasteiger partial charge in [0.2, 0.25) is 0 Å². The Bertz CT molecular complexity index is 925. The molecular formula is C19H23FN6O3. The number of amides is 1. The average Bonchev–Trinajstić information content (AvgIpc) is 2.71. The van der Waals surface area contributed by atoms with Crippen molar-refractivity contribution in [1.82, 2.24) is 9.97 Å². The summed E-state index contributed by atoms with van der Waals surface area (Å²) >= 11 is 0. The van der Waals surface area contributed by atoms with Gasteiger partial charge < -0.3 is 31.6 Å². The standard InChI is InChI=1S/C19H23FN6O3/c20-12-8-11(16(22)27)17(26-18(12)25-14-4-2-1-3-13(14)21)24-10-7-15-19(23-9-10)29-6-5-28-15/h7-9,13-14H,1-6,21H2,(H2,22,27)(H2,24,25,26). The van der Waals surface area contributed by atoms with Crippen LogP contribution in [0, 0.1) is 5.82 Å². The lowest BCUT2D eigenvalue weighted by molar-refractivity contribution is 0.100. The van der Waals surface area contributed by atoms with Crippen LogP contribution in [0.4, 0.5) is 21.7 Å². The van der Waals surface area contributed by atoms with Crippen LogP contribution in [0.3, 0.4) is 0 Å². The minimum absolute atomic E-state index is 0.0188. The number of rotatable bonds is 5. The molecule has 2 atom stereocenters. The fourth-order valence-corrected chi connectivity index (χ4v) is 3.53. The van der Waals surface area contributed by atoms with Gasteiger partial charge in [-0.3, -0.25) is 4.79 Å². The minimum atomic E-state index is -0.801. The van der Waals surface area contributed by atoms with Crippen LogP contribution < -0.4 is 31.6 Å². The average molecular weight is 402 g/mol. The second-order valence-corrected chi connectivity index (χ2v) is 7.13. The van der Waals surface area contributed by atoms with E-state index in [2.05, 4.69) is 20.6 Å². The molecule has 1 fully saturated rings. The quantitative estimate of drug-likeness (QED) is 0.595. The molecule has 0 saturated heterocycles. The summed E-state index contributed by atoms with van der Waals surface area (Å²) in [5, 5.41) is 6.05. The molecule has 4 rings (SSSR count). The smallest absolute Gasteiger partial charge is 0.257 e. The van der Waals surface area contributed by atoms with Crippen molar-refractivity contribution in [3.8, 4) is 11.6 Å². The Labute approximate surface area is 167 Å². The van der Waals surface area contributed by atoms with E-state index in [0.29, 0.717) is 30.5 Å². The summed E-state index contributed by atoms with van der Waals surface area (Å²) in [7, 11) is 0. The lowest BCUT2D eigenvalue weighted by Gasteiger charge is -2.30.